The van der Waals surface area contributed by atoms with E-state index in [2.05, 4.69) is 231 Å². The predicted molar refractivity (Wildman–Crippen MR) is 233 cm³/mol. The van der Waals surface area contributed by atoms with Crippen LogP contribution in [0.1, 0.15) is 18.1 Å². The molecule has 0 aromatic heterocycles. The molecule has 0 atom stereocenters. The van der Waals surface area contributed by atoms with Crippen molar-refractivity contribution in [1.82, 2.24) is 0 Å². The second kappa shape index (κ2) is 15.7. The van der Waals surface area contributed by atoms with Gasteiger partial charge in [-0.25, -0.2) is 0 Å². The molecule has 8 aromatic rings. The van der Waals surface area contributed by atoms with Crippen molar-refractivity contribution >= 4 is 39.0 Å². The summed E-state index contributed by atoms with van der Waals surface area (Å²) in [5.41, 5.74) is 15.0. The lowest BCUT2D eigenvalue weighted by atomic mass is 9.95. The molecule has 0 fully saturated rings. The topological polar surface area (TPSA) is 3.24 Å². The van der Waals surface area contributed by atoms with Gasteiger partial charge in [0.2, 0.25) is 0 Å². The highest BCUT2D eigenvalue weighted by Crippen LogP contribution is 2.42. The first kappa shape index (κ1) is 34.1. The Morgan fingerprint density at radius 3 is 1.74 bits per heavy atom. The predicted octanol–water partition coefficient (Wildman–Crippen LogP) is 15.0. The van der Waals surface area contributed by atoms with Crippen LogP contribution >= 0.6 is 0 Å². The van der Waals surface area contributed by atoms with Gasteiger partial charge in [-0.1, -0.05) is 195 Å². The van der Waals surface area contributed by atoms with Gasteiger partial charge in [0.25, 0.3) is 0 Å². The second-order valence-corrected chi connectivity index (χ2v) is 13.5. The summed E-state index contributed by atoms with van der Waals surface area (Å²) >= 11 is 0. The quantitative estimate of drug-likeness (QED) is 0.129. The van der Waals surface area contributed by atoms with E-state index in [1.54, 1.807) is 0 Å². The number of para-hydroxylation sites is 1. The van der Waals surface area contributed by atoms with Gasteiger partial charge in [-0.2, -0.15) is 0 Å². The molecule has 54 heavy (non-hydrogen) atoms. The Balaban J connectivity index is 1.24. The molecule has 258 valence electrons. The fraction of sp³-hybridized carbons (Fsp3) is 0.0189. The van der Waals surface area contributed by atoms with E-state index in [1.807, 2.05) is 6.08 Å². The lowest BCUT2D eigenvalue weighted by Crippen LogP contribution is -2.11. The van der Waals surface area contributed by atoms with Crippen molar-refractivity contribution in [2.24, 2.45) is 0 Å². The van der Waals surface area contributed by atoms with Crippen LogP contribution in [0.2, 0.25) is 0 Å². The van der Waals surface area contributed by atoms with Crippen LogP contribution in [0, 0.1) is 0 Å². The van der Waals surface area contributed by atoms with E-state index >= 15 is 0 Å². The third kappa shape index (κ3) is 7.21. The van der Waals surface area contributed by atoms with Gasteiger partial charge in [0, 0.05) is 16.9 Å². The van der Waals surface area contributed by atoms with Gasteiger partial charge in [-0.05, 0) is 98.1 Å². The van der Waals surface area contributed by atoms with Gasteiger partial charge < -0.3 is 4.90 Å². The number of nitrogens with zero attached hydrogens (tertiary/aromatic N) is 1. The fourth-order valence-electron chi connectivity index (χ4n) is 7.31. The summed E-state index contributed by atoms with van der Waals surface area (Å²) in [7, 11) is 0. The van der Waals surface area contributed by atoms with Crippen molar-refractivity contribution in [2.75, 3.05) is 4.90 Å². The maximum atomic E-state index is 4.10. The maximum Gasteiger partial charge on any atom is 0.0540 e. The van der Waals surface area contributed by atoms with Gasteiger partial charge in [0.1, 0.15) is 0 Å². The Bertz CT molecular complexity index is 2590. The van der Waals surface area contributed by atoms with Crippen molar-refractivity contribution in [1.29, 1.82) is 0 Å². The average molecular weight is 692 g/mol. The van der Waals surface area contributed by atoms with E-state index in [0.29, 0.717) is 0 Å². The van der Waals surface area contributed by atoms with Gasteiger partial charge in [-0.15, -0.1) is 0 Å². The Morgan fingerprint density at radius 1 is 0.481 bits per heavy atom. The number of hydrogen-bond acceptors (Lipinski definition) is 1. The van der Waals surface area contributed by atoms with Crippen LogP contribution in [0.4, 0.5) is 17.1 Å². The SMILES string of the molecule is C=C/C=C(\C=C(/C)c1cccc2ccccc12)c1cccc(N(c2ccc(-c3ccccc3)cc2)c2ccccc2-c2ccc(-c3ccccc3)cc2)c1. The normalized spacial score (nSPS) is 11.7. The monoisotopic (exact) mass is 691 g/mol. The van der Waals surface area contributed by atoms with Crippen molar-refractivity contribution < 1.29 is 0 Å². The fourth-order valence-corrected chi connectivity index (χ4v) is 7.31. The largest absolute Gasteiger partial charge is 0.310 e. The highest BCUT2D eigenvalue weighted by Gasteiger charge is 2.18. The summed E-state index contributed by atoms with van der Waals surface area (Å²) in [5, 5.41) is 2.49. The molecule has 1 heteroatoms. The molecule has 0 radical (unpaired) electrons. The molecule has 0 N–H and O–H groups in total. The Hall–Kier alpha value is -6.96. The minimum atomic E-state index is 1.07. The lowest BCUT2D eigenvalue weighted by molar-refractivity contribution is 1.28. The molecule has 1 nitrogen and oxygen atoms in total. The molecular weight excluding hydrogens is 651 g/mol. The number of hydrogen-bond donors (Lipinski definition) is 0. The zero-order valence-corrected chi connectivity index (χ0v) is 30.4. The Kier molecular flexibility index (Phi) is 9.95. The number of rotatable bonds is 10. The number of fused-ring (bicyclic) bond motifs is 1. The summed E-state index contributed by atoms with van der Waals surface area (Å²) in [6.07, 6.45) is 6.27. The smallest absolute Gasteiger partial charge is 0.0540 e. The standard InChI is InChI=1S/C53H41N/c1-3-16-46(37-39(2)50-27-15-22-44-21-10-11-25-51(44)50)47-23-14-24-49(38-47)54(48-35-33-43(34-36-48)41-19-8-5-9-20-41)53-28-13-12-26-52(53)45-31-29-42(30-32-45)40-17-6-4-7-18-40/h3-38H,1H2,2H3/b39-37+,46-16+. The first-order valence-electron chi connectivity index (χ1n) is 18.5. The Labute approximate surface area is 319 Å². The highest BCUT2D eigenvalue weighted by molar-refractivity contribution is 5.97. The lowest BCUT2D eigenvalue weighted by Gasteiger charge is -2.28. The van der Waals surface area contributed by atoms with Gasteiger partial charge in [-0.3, -0.25) is 0 Å². The summed E-state index contributed by atoms with van der Waals surface area (Å²) in [4.78, 5) is 2.38. The van der Waals surface area contributed by atoms with Crippen LogP contribution in [0.15, 0.2) is 225 Å². The minimum Gasteiger partial charge on any atom is -0.310 e. The summed E-state index contributed by atoms with van der Waals surface area (Å²) in [6, 6.07) is 71.6. The van der Waals surface area contributed by atoms with Crippen molar-refractivity contribution in [2.45, 2.75) is 6.92 Å². The first-order chi connectivity index (χ1) is 26.7. The minimum absolute atomic E-state index is 1.07. The van der Waals surface area contributed by atoms with Gasteiger partial charge in [0.05, 0.1) is 5.69 Å². The van der Waals surface area contributed by atoms with E-state index in [4.69, 9.17) is 0 Å². The molecule has 0 saturated carbocycles. The van der Waals surface area contributed by atoms with E-state index in [1.165, 1.54) is 44.2 Å². The van der Waals surface area contributed by atoms with E-state index in [-0.39, 0.29) is 0 Å². The van der Waals surface area contributed by atoms with Crippen LogP contribution in [0.3, 0.4) is 0 Å². The molecule has 0 aliphatic rings. The molecule has 0 unspecified atom stereocenters. The zero-order valence-electron chi connectivity index (χ0n) is 30.4. The highest BCUT2D eigenvalue weighted by atomic mass is 15.1. The number of benzene rings is 8. The van der Waals surface area contributed by atoms with Crippen LogP contribution < -0.4 is 4.90 Å². The summed E-state index contributed by atoms with van der Waals surface area (Å²) in [6.45, 7) is 6.29. The molecule has 0 bridgehead atoms. The van der Waals surface area contributed by atoms with Gasteiger partial charge in [0.15, 0.2) is 0 Å². The van der Waals surface area contributed by atoms with Crippen molar-refractivity contribution in [3.63, 3.8) is 0 Å². The van der Waals surface area contributed by atoms with Crippen molar-refractivity contribution in [3.8, 4) is 33.4 Å². The summed E-state index contributed by atoms with van der Waals surface area (Å²) < 4.78 is 0. The second-order valence-electron chi connectivity index (χ2n) is 13.5. The molecule has 8 aromatic carbocycles. The van der Waals surface area contributed by atoms with Crippen LogP contribution in [0.25, 0.3) is 55.3 Å². The van der Waals surface area contributed by atoms with E-state index < -0.39 is 0 Å². The number of anilines is 3. The van der Waals surface area contributed by atoms with E-state index in [0.717, 1.165) is 39.3 Å². The number of allylic oxidation sites excluding steroid dienone is 5. The zero-order chi connectivity index (χ0) is 36.7. The molecule has 8 rings (SSSR count). The molecule has 0 aliphatic heterocycles. The third-order valence-corrected chi connectivity index (χ3v) is 10.0. The van der Waals surface area contributed by atoms with Crippen LogP contribution in [0.5, 0.6) is 0 Å². The van der Waals surface area contributed by atoms with Crippen LogP contribution in [-0.4, -0.2) is 0 Å². The molecule has 0 amide bonds. The first-order valence-corrected chi connectivity index (χ1v) is 18.5. The average Bonchev–Trinajstić information content (AvgIpc) is 3.24. The van der Waals surface area contributed by atoms with Crippen molar-refractivity contribution in [3.05, 3.63) is 236 Å². The molecular formula is C53H41N. The molecule has 0 spiro atoms. The molecule has 0 saturated heterocycles. The molecule has 0 heterocycles. The van der Waals surface area contributed by atoms with Crippen LogP contribution in [-0.2, 0) is 0 Å². The summed E-state index contributed by atoms with van der Waals surface area (Å²) in [5.74, 6) is 0. The third-order valence-electron chi connectivity index (χ3n) is 10.0. The molecule has 0 aliphatic carbocycles. The van der Waals surface area contributed by atoms with Gasteiger partial charge >= 0.3 is 0 Å². The maximum absolute atomic E-state index is 4.10. The van der Waals surface area contributed by atoms with E-state index in [9.17, 15) is 0 Å². The Morgan fingerprint density at radius 2 is 1.04 bits per heavy atom.